The summed E-state index contributed by atoms with van der Waals surface area (Å²) in [6.45, 7) is 5.89. The van der Waals surface area contributed by atoms with Crippen LogP contribution in [0.1, 0.15) is 32.8 Å². The van der Waals surface area contributed by atoms with Gasteiger partial charge in [-0.1, -0.05) is 51.1 Å². The van der Waals surface area contributed by atoms with E-state index in [1.807, 2.05) is 65.2 Å². The first-order valence-electron chi connectivity index (χ1n) is 7.44. The van der Waals surface area contributed by atoms with Crippen LogP contribution in [-0.2, 0) is 15.0 Å². The number of hydrogen-bond donors (Lipinski definition) is 2. The van der Waals surface area contributed by atoms with Gasteiger partial charge in [0.2, 0.25) is 11.8 Å². The van der Waals surface area contributed by atoms with Crippen LogP contribution < -0.4 is 10.6 Å². The van der Waals surface area contributed by atoms with Crippen molar-refractivity contribution in [3.63, 3.8) is 0 Å². The van der Waals surface area contributed by atoms with Crippen LogP contribution >= 0.6 is 0 Å². The highest BCUT2D eigenvalue weighted by Crippen LogP contribution is 2.42. The molecule has 21 heavy (non-hydrogen) atoms. The lowest BCUT2D eigenvalue weighted by Gasteiger charge is -2.43. The molecule has 1 aliphatic heterocycles. The van der Waals surface area contributed by atoms with Gasteiger partial charge in [-0.05, 0) is 32.0 Å². The summed E-state index contributed by atoms with van der Waals surface area (Å²) >= 11 is 0. The number of carbonyl (C=O) groups excluding carboxylic acids is 2. The van der Waals surface area contributed by atoms with E-state index >= 15 is 0 Å². The Hall–Kier alpha value is -1.68. The number of piperidine rings is 1. The van der Waals surface area contributed by atoms with Crippen molar-refractivity contribution in [2.75, 3.05) is 14.1 Å². The van der Waals surface area contributed by atoms with Gasteiger partial charge >= 0.3 is 0 Å². The molecule has 0 radical (unpaired) electrons. The van der Waals surface area contributed by atoms with Crippen molar-refractivity contribution in [2.24, 2.45) is 11.8 Å². The zero-order valence-electron chi connectivity index (χ0n) is 13.6. The van der Waals surface area contributed by atoms with Gasteiger partial charge in [-0.25, -0.2) is 0 Å². The summed E-state index contributed by atoms with van der Waals surface area (Å²) in [7, 11) is 3.75. The van der Waals surface area contributed by atoms with Crippen molar-refractivity contribution in [1.82, 2.24) is 10.6 Å². The molecule has 0 saturated carbocycles. The predicted molar refractivity (Wildman–Crippen MR) is 84.9 cm³/mol. The lowest BCUT2D eigenvalue weighted by atomic mass is 9.62. The molecule has 1 aromatic rings. The summed E-state index contributed by atoms with van der Waals surface area (Å²) in [6, 6.07) is 9.76. The van der Waals surface area contributed by atoms with Crippen LogP contribution in [0, 0.1) is 11.8 Å². The third-order valence-corrected chi connectivity index (χ3v) is 4.43. The molecular formula is C17H26N2O2. The monoisotopic (exact) mass is 290 g/mol. The van der Waals surface area contributed by atoms with Crippen LogP contribution in [0.5, 0.6) is 0 Å². The number of amides is 2. The first-order valence-corrected chi connectivity index (χ1v) is 7.44. The highest BCUT2D eigenvalue weighted by molar-refractivity contribution is 6.04. The molecule has 0 aromatic heterocycles. The number of benzene rings is 1. The summed E-state index contributed by atoms with van der Waals surface area (Å²) in [4.78, 5) is 24.1. The molecule has 0 bridgehead atoms. The van der Waals surface area contributed by atoms with Gasteiger partial charge in [0, 0.05) is 5.92 Å². The summed E-state index contributed by atoms with van der Waals surface area (Å²) < 4.78 is 0. The second kappa shape index (κ2) is 7.36. The van der Waals surface area contributed by atoms with Crippen molar-refractivity contribution in [3.05, 3.63) is 35.9 Å². The van der Waals surface area contributed by atoms with Crippen molar-refractivity contribution in [2.45, 2.75) is 32.6 Å². The minimum absolute atomic E-state index is 0.00569. The second-order valence-corrected chi connectivity index (χ2v) is 5.59. The van der Waals surface area contributed by atoms with Crippen LogP contribution in [0.3, 0.4) is 0 Å². The highest BCUT2D eigenvalue weighted by Gasteiger charge is 2.51. The molecule has 116 valence electrons. The van der Waals surface area contributed by atoms with Gasteiger partial charge in [-0.15, -0.1) is 0 Å². The van der Waals surface area contributed by atoms with Crippen LogP contribution in [-0.4, -0.2) is 25.9 Å². The molecule has 3 atom stereocenters. The first-order chi connectivity index (χ1) is 9.95. The zero-order valence-corrected chi connectivity index (χ0v) is 13.6. The minimum Gasteiger partial charge on any atom is -0.323 e. The third-order valence-electron chi connectivity index (χ3n) is 4.43. The molecule has 4 heteroatoms. The standard InChI is InChI=1S/C15H19NO2.C2H7N/c1-4-15(12-8-6-5-7-9-12)11(3)10(2)13(17)16-14(15)18;1-3-2/h5-11H,4H2,1-3H3,(H,16,17,18);3H,1-2H3. The van der Waals surface area contributed by atoms with Gasteiger partial charge in [-0.3, -0.25) is 14.9 Å². The smallest absolute Gasteiger partial charge is 0.237 e. The van der Waals surface area contributed by atoms with E-state index in [0.717, 1.165) is 5.56 Å². The van der Waals surface area contributed by atoms with E-state index < -0.39 is 5.41 Å². The Morgan fingerprint density at radius 3 is 2.14 bits per heavy atom. The Bertz CT molecular complexity index is 487. The minimum atomic E-state index is -0.589. The molecule has 1 aliphatic rings. The molecule has 1 saturated heterocycles. The Morgan fingerprint density at radius 1 is 1.14 bits per heavy atom. The lowest BCUT2D eigenvalue weighted by Crippen LogP contribution is -2.59. The predicted octanol–water partition coefficient (Wildman–Crippen LogP) is 2.10. The molecule has 3 unspecified atom stereocenters. The number of imide groups is 1. The Balaban J connectivity index is 0.000000677. The van der Waals surface area contributed by atoms with E-state index in [-0.39, 0.29) is 23.7 Å². The molecular weight excluding hydrogens is 264 g/mol. The molecule has 1 heterocycles. The average molecular weight is 290 g/mol. The molecule has 2 rings (SSSR count). The van der Waals surface area contributed by atoms with E-state index in [1.165, 1.54) is 0 Å². The van der Waals surface area contributed by atoms with Crippen molar-refractivity contribution in [3.8, 4) is 0 Å². The van der Waals surface area contributed by atoms with E-state index in [1.54, 1.807) is 0 Å². The molecule has 2 amide bonds. The first kappa shape index (κ1) is 17.4. The number of nitrogens with one attached hydrogen (secondary N) is 2. The van der Waals surface area contributed by atoms with Gasteiger partial charge in [0.15, 0.2) is 0 Å². The second-order valence-electron chi connectivity index (χ2n) is 5.59. The molecule has 4 nitrogen and oxygen atoms in total. The van der Waals surface area contributed by atoms with Crippen molar-refractivity contribution >= 4 is 11.8 Å². The van der Waals surface area contributed by atoms with Crippen LogP contribution in [0.25, 0.3) is 0 Å². The fraction of sp³-hybridized carbons (Fsp3) is 0.529. The molecule has 1 fully saturated rings. The number of carbonyl (C=O) groups is 2. The maximum Gasteiger partial charge on any atom is 0.237 e. The van der Waals surface area contributed by atoms with Crippen LogP contribution in [0.15, 0.2) is 30.3 Å². The normalized spacial score (nSPS) is 28.4. The number of hydrogen-bond acceptors (Lipinski definition) is 3. The molecule has 1 aromatic carbocycles. The average Bonchev–Trinajstić information content (AvgIpc) is 2.48. The fourth-order valence-electron chi connectivity index (χ4n) is 3.01. The van der Waals surface area contributed by atoms with Crippen molar-refractivity contribution in [1.29, 1.82) is 0 Å². The Labute approximate surface area is 127 Å². The van der Waals surface area contributed by atoms with Gasteiger partial charge < -0.3 is 5.32 Å². The van der Waals surface area contributed by atoms with E-state index in [9.17, 15) is 9.59 Å². The number of rotatable bonds is 2. The summed E-state index contributed by atoms with van der Waals surface area (Å²) in [5.41, 5.74) is 0.408. The Kier molecular flexibility index (Phi) is 6.09. The van der Waals surface area contributed by atoms with Gasteiger partial charge in [-0.2, -0.15) is 0 Å². The maximum atomic E-state index is 12.4. The van der Waals surface area contributed by atoms with Gasteiger partial charge in [0.05, 0.1) is 5.41 Å². The van der Waals surface area contributed by atoms with E-state index in [0.29, 0.717) is 6.42 Å². The van der Waals surface area contributed by atoms with Crippen molar-refractivity contribution < 1.29 is 9.59 Å². The van der Waals surface area contributed by atoms with E-state index in [4.69, 9.17) is 0 Å². The largest absolute Gasteiger partial charge is 0.323 e. The zero-order chi connectivity index (χ0) is 16.0. The summed E-state index contributed by atoms with van der Waals surface area (Å²) in [6.07, 6.45) is 0.696. The molecule has 2 N–H and O–H groups in total. The van der Waals surface area contributed by atoms with E-state index in [2.05, 4.69) is 10.6 Å². The van der Waals surface area contributed by atoms with Gasteiger partial charge in [0.25, 0.3) is 0 Å². The maximum absolute atomic E-state index is 12.4. The highest BCUT2D eigenvalue weighted by atomic mass is 16.2. The summed E-state index contributed by atoms with van der Waals surface area (Å²) in [5, 5.41) is 5.27. The van der Waals surface area contributed by atoms with Gasteiger partial charge in [0.1, 0.15) is 0 Å². The molecule has 0 spiro atoms. The van der Waals surface area contributed by atoms with Crippen LogP contribution in [0.4, 0.5) is 0 Å². The van der Waals surface area contributed by atoms with Crippen LogP contribution in [0.2, 0.25) is 0 Å². The Morgan fingerprint density at radius 2 is 1.67 bits per heavy atom. The third kappa shape index (κ3) is 3.16. The SMILES string of the molecule is CCC1(c2ccccc2)C(=O)NC(=O)C(C)C1C.CNC. The molecule has 0 aliphatic carbocycles. The lowest BCUT2D eigenvalue weighted by molar-refractivity contribution is -0.144. The quantitative estimate of drug-likeness (QED) is 0.820. The summed E-state index contributed by atoms with van der Waals surface area (Å²) in [5.74, 6) is -0.465. The topological polar surface area (TPSA) is 58.2 Å². The fourth-order valence-corrected chi connectivity index (χ4v) is 3.01.